The quantitative estimate of drug-likeness (QED) is 0.112. The molecular weight excluding hydrogens is 468 g/mol. The average Bonchev–Trinajstić information content (AvgIpc) is 2.92. The SMILES string of the molecule is CCCCCCCCCCCOc1ccc(-c2ccc(OCCCCCCCCCCC)c(N)c2)cc1N. The van der Waals surface area contributed by atoms with E-state index >= 15 is 0 Å². The van der Waals surface area contributed by atoms with Crippen molar-refractivity contribution in [2.24, 2.45) is 0 Å². The zero-order chi connectivity index (χ0) is 27.3. The van der Waals surface area contributed by atoms with Crippen LogP contribution in [0.3, 0.4) is 0 Å². The van der Waals surface area contributed by atoms with Gasteiger partial charge in [0.05, 0.1) is 24.6 Å². The number of hydrogen-bond acceptors (Lipinski definition) is 4. The minimum atomic E-state index is 0.669. The highest BCUT2D eigenvalue weighted by atomic mass is 16.5. The first-order chi connectivity index (χ1) is 18.7. The van der Waals surface area contributed by atoms with Gasteiger partial charge in [-0.25, -0.2) is 0 Å². The fraction of sp³-hybridized carbons (Fsp3) is 0.647. The van der Waals surface area contributed by atoms with E-state index in [-0.39, 0.29) is 0 Å². The molecule has 0 fully saturated rings. The molecule has 0 saturated heterocycles. The van der Waals surface area contributed by atoms with E-state index in [2.05, 4.69) is 26.0 Å². The van der Waals surface area contributed by atoms with Crippen LogP contribution in [-0.4, -0.2) is 13.2 Å². The number of unbranched alkanes of at least 4 members (excludes halogenated alkanes) is 16. The monoisotopic (exact) mass is 524 g/mol. The highest BCUT2D eigenvalue weighted by Gasteiger charge is 2.08. The zero-order valence-electron chi connectivity index (χ0n) is 24.6. The van der Waals surface area contributed by atoms with Gasteiger partial charge in [-0.15, -0.1) is 0 Å². The Morgan fingerprint density at radius 3 is 1.08 bits per heavy atom. The molecule has 2 aromatic rings. The van der Waals surface area contributed by atoms with Crippen LogP contribution in [0.1, 0.15) is 129 Å². The third kappa shape index (κ3) is 13.4. The molecule has 0 saturated carbocycles. The Kier molecular flexibility index (Phi) is 17.3. The predicted octanol–water partition coefficient (Wildman–Crippen LogP) is 10.3. The number of nitrogens with two attached hydrogens (primary N) is 2. The largest absolute Gasteiger partial charge is 0.491 e. The Morgan fingerprint density at radius 2 is 0.763 bits per heavy atom. The van der Waals surface area contributed by atoms with Crippen molar-refractivity contribution in [1.82, 2.24) is 0 Å². The van der Waals surface area contributed by atoms with Crippen LogP contribution in [0.2, 0.25) is 0 Å². The molecule has 4 N–H and O–H groups in total. The van der Waals surface area contributed by atoms with Gasteiger partial charge in [0, 0.05) is 0 Å². The molecule has 4 heteroatoms. The molecule has 0 bridgehead atoms. The second kappa shape index (κ2) is 20.6. The molecule has 0 radical (unpaired) electrons. The molecule has 0 spiro atoms. The first-order valence-corrected chi connectivity index (χ1v) is 15.7. The lowest BCUT2D eigenvalue weighted by Gasteiger charge is -2.13. The molecule has 4 nitrogen and oxygen atoms in total. The molecular formula is C34H56N2O2. The van der Waals surface area contributed by atoms with Crippen LogP contribution in [0.5, 0.6) is 11.5 Å². The molecule has 0 aliphatic heterocycles. The summed E-state index contributed by atoms with van der Waals surface area (Å²) in [5.41, 5.74) is 16.0. The van der Waals surface area contributed by atoms with Gasteiger partial charge >= 0.3 is 0 Å². The standard InChI is InChI=1S/C34H56N2O2/c1-3-5-7-9-11-13-15-17-19-25-37-33-23-21-29(27-31(33)35)30-22-24-34(32(36)28-30)38-26-20-18-16-14-12-10-8-6-4-2/h21-24,27-28H,3-20,25-26,35-36H2,1-2H3. The number of ether oxygens (including phenoxy) is 2. The second-order valence-electron chi connectivity index (χ2n) is 10.9. The topological polar surface area (TPSA) is 70.5 Å². The maximum atomic E-state index is 6.31. The summed E-state index contributed by atoms with van der Waals surface area (Å²) in [5.74, 6) is 1.53. The number of benzene rings is 2. The van der Waals surface area contributed by atoms with Crippen molar-refractivity contribution in [3.8, 4) is 22.6 Å². The van der Waals surface area contributed by atoms with Crippen LogP contribution in [0.15, 0.2) is 36.4 Å². The van der Waals surface area contributed by atoms with Crippen LogP contribution in [-0.2, 0) is 0 Å². The first-order valence-electron chi connectivity index (χ1n) is 15.7. The van der Waals surface area contributed by atoms with E-state index in [1.807, 2.05) is 24.3 Å². The van der Waals surface area contributed by atoms with Crippen LogP contribution < -0.4 is 20.9 Å². The minimum Gasteiger partial charge on any atom is -0.491 e. The van der Waals surface area contributed by atoms with Gasteiger partial charge in [0.25, 0.3) is 0 Å². The van der Waals surface area contributed by atoms with Gasteiger partial charge in [-0.3, -0.25) is 0 Å². The molecule has 0 aromatic heterocycles. The molecule has 38 heavy (non-hydrogen) atoms. The maximum absolute atomic E-state index is 6.31. The summed E-state index contributed by atoms with van der Waals surface area (Å²) >= 11 is 0. The summed E-state index contributed by atoms with van der Waals surface area (Å²) in [7, 11) is 0. The molecule has 0 aliphatic carbocycles. The van der Waals surface area contributed by atoms with Gasteiger partial charge in [-0.1, -0.05) is 129 Å². The Labute approximate surface area is 233 Å². The molecule has 0 heterocycles. The highest BCUT2D eigenvalue weighted by molar-refractivity contribution is 5.74. The van der Waals surface area contributed by atoms with Gasteiger partial charge < -0.3 is 20.9 Å². The van der Waals surface area contributed by atoms with Crippen molar-refractivity contribution in [2.45, 2.75) is 129 Å². The number of nitrogen functional groups attached to an aromatic ring is 2. The van der Waals surface area contributed by atoms with Gasteiger partial charge in [0.2, 0.25) is 0 Å². The van der Waals surface area contributed by atoms with Crippen LogP contribution in [0.4, 0.5) is 11.4 Å². The molecule has 2 rings (SSSR count). The molecule has 2 aromatic carbocycles. The van der Waals surface area contributed by atoms with Crippen molar-refractivity contribution in [3.05, 3.63) is 36.4 Å². The van der Waals surface area contributed by atoms with Gasteiger partial charge in [0.15, 0.2) is 0 Å². The summed E-state index contributed by atoms with van der Waals surface area (Å²) in [6, 6.07) is 12.0. The van der Waals surface area contributed by atoms with E-state index in [0.717, 1.165) is 48.7 Å². The van der Waals surface area contributed by atoms with E-state index < -0.39 is 0 Å². The second-order valence-corrected chi connectivity index (χ2v) is 10.9. The van der Waals surface area contributed by atoms with Crippen molar-refractivity contribution in [1.29, 1.82) is 0 Å². The summed E-state index contributed by atoms with van der Waals surface area (Å²) < 4.78 is 11.9. The normalized spacial score (nSPS) is 11.1. The van der Waals surface area contributed by atoms with E-state index in [0.29, 0.717) is 11.4 Å². The van der Waals surface area contributed by atoms with Crippen molar-refractivity contribution in [3.63, 3.8) is 0 Å². The van der Waals surface area contributed by atoms with Crippen molar-refractivity contribution < 1.29 is 9.47 Å². The molecule has 0 amide bonds. The lowest BCUT2D eigenvalue weighted by molar-refractivity contribution is 0.305. The first kappa shape index (κ1) is 31.9. The third-order valence-electron chi connectivity index (χ3n) is 7.36. The summed E-state index contributed by atoms with van der Waals surface area (Å²) in [6.45, 7) is 5.97. The smallest absolute Gasteiger partial charge is 0.142 e. The maximum Gasteiger partial charge on any atom is 0.142 e. The predicted molar refractivity (Wildman–Crippen MR) is 166 cm³/mol. The third-order valence-corrected chi connectivity index (χ3v) is 7.36. The minimum absolute atomic E-state index is 0.669. The van der Waals surface area contributed by atoms with E-state index in [9.17, 15) is 0 Å². The van der Waals surface area contributed by atoms with Gasteiger partial charge in [0.1, 0.15) is 11.5 Å². The lowest BCUT2D eigenvalue weighted by Crippen LogP contribution is -2.01. The number of rotatable bonds is 23. The zero-order valence-corrected chi connectivity index (χ0v) is 24.6. The average molecular weight is 525 g/mol. The Bertz CT molecular complexity index is 796. The number of hydrogen-bond donors (Lipinski definition) is 2. The van der Waals surface area contributed by atoms with Gasteiger partial charge in [-0.05, 0) is 48.2 Å². The van der Waals surface area contributed by atoms with E-state index in [4.69, 9.17) is 20.9 Å². The summed E-state index contributed by atoms with van der Waals surface area (Å²) in [5, 5.41) is 0. The summed E-state index contributed by atoms with van der Waals surface area (Å²) in [4.78, 5) is 0. The molecule has 0 aliphatic rings. The van der Waals surface area contributed by atoms with Crippen molar-refractivity contribution >= 4 is 11.4 Å². The molecule has 214 valence electrons. The number of anilines is 2. The Morgan fingerprint density at radius 1 is 0.447 bits per heavy atom. The van der Waals surface area contributed by atoms with Crippen LogP contribution >= 0.6 is 0 Å². The van der Waals surface area contributed by atoms with Gasteiger partial charge in [-0.2, -0.15) is 0 Å². The fourth-order valence-corrected chi connectivity index (χ4v) is 4.91. The lowest BCUT2D eigenvalue weighted by atomic mass is 10.0. The van der Waals surface area contributed by atoms with E-state index in [1.54, 1.807) is 0 Å². The van der Waals surface area contributed by atoms with E-state index in [1.165, 1.54) is 103 Å². The Hall–Kier alpha value is -2.36. The fourth-order valence-electron chi connectivity index (χ4n) is 4.91. The Balaban J connectivity index is 1.65. The molecule has 0 atom stereocenters. The summed E-state index contributed by atoms with van der Waals surface area (Å²) in [6.07, 6.45) is 23.5. The highest BCUT2D eigenvalue weighted by Crippen LogP contribution is 2.32. The van der Waals surface area contributed by atoms with Crippen LogP contribution in [0, 0.1) is 0 Å². The van der Waals surface area contributed by atoms with Crippen LogP contribution in [0.25, 0.3) is 11.1 Å². The van der Waals surface area contributed by atoms with Crippen molar-refractivity contribution in [2.75, 3.05) is 24.7 Å². The molecule has 0 unspecified atom stereocenters.